The van der Waals surface area contributed by atoms with E-state index in [1.54, 1.807) is 62.8 Å². The Morgan fingerprint density at radius 1 is 0.829 bits per heavy atom. The molecule has 0 saturated carbocycles. The molecule has 0 radical (unpaired) electrons. The van der Waals surface area contributed by atoms with Crippen molar-refractivity contribution in [3.05, 3.63) is 72.6 Å². The van der Waals surface area contributed by atoms with Crippen LogP contribution in [-0.4, -0.2) is 29.2 Å². The summed E-state index contributed by atoms with van der Waals surface area (Å²) in [6, 6.07) is 15.8. The minimum Gasteiger partial charge on any atom is -0.497 e. The van der Waals surface area contributed by atoms with Gasteiger partial charge in [0, 0.05) is 29.6 Å². The molecule has 0 aliphatic heterocycles. The summed E-state index contributed by atoms with van der Waals surface area (Å²) in [5.74, 6) is 2.05. The van der Waals surface area contributed by atoms with E-state index in [0.717, 1.165) is 12.3 Å². The summed E-state index contributed by atoms with van der Waals surface area (Å²) in [4.78, 5) is 11.8. The number of alkyl halides is 3. The maximum absolute atomic E-state index is 12.9. The number of pyridine rings is 1. The lowest BCUT2D eigenvalue weighted by molar-refractivity contribution is -0.141. The Bertz CT molecular complexity index is 1330. The van der Waals surface area contributed by atoms with Gasteiger partial charge < -0.3 is 25.3 Å². The molecule has 2 aromatic carbocycles. The van der Waals surface area contributed by atoms with Crippen LogP contribution in [0.3, 0.4) is 0 Å². The van der Waals surface area contributed by atoms with Crippen LogP contribution in [0.1, 0.15) is 5.69 Å². The molecule has 4 aromatic rings. The Hall–Kier alpha value is -4.54. The van der Waals surface area contributed by atoms with Gasteiger partial charge in [0.25, 0.3) is 0 Å². The maximum atomic E-state index is 12.9. The minimum absolute atomic E-state index is 0.0217. The highest BCUT2D eigenvalue weighted by Gasteiger charge is 2.32. The first kappa shape index (κ1) is 23.6. The number of halogens is 3. The van der Waals surface area contributed by atoms with Gasteiger partial charge in [-0.3, -0.25) is 4.98 Å². The van der Waals surface area contributed by atoms with Crippen molar-refractivity contribution in [3.8, 4) is 34.3 Å². The molecule has 0 saturated heterocycles. The number of nitrogens with two attached hydrogens (primary N) is 1. The molecule has 8 nitrogen and oxygen atoms in total. The highest BCUT2D eigenvalue weighted by Crippen LogP contribution is 2.34. The lowest BCUT2D eigenvalue weighted by Gasteiger charge is -2.13. The molecule has 0 amide bonds. The first-order valence-electron chi connectivity index (χ1n) is 10.2. The van der Waals surface area contributed by atoms with E-state index in [-0.39, 0.29) is 11.7 Å². The second-order valence-electron chi connectivity index (χ2n) is 7.19. The Labute approximate surface area is 198 Å². The number of rotatable bonds is 7. The predicted molar refractivity (Wildman–Crippen MR) is 124 cm³/mol. The summed E-state index contributed by atoms with van der Waals surface area (Å²) < 4.78 is 54.8. The molecular weight excluding hydrogens is 463 g/mol. The molecule has 2 heterocycles. The summed E-state index contributed by atoms with van der Waals surface area (Å²) in [5, 5.41) is 3.12. The Balaban J connectivity index is 1.53. The van der Waals surface area contributed by atoms with E-state index in [0.29, 0.717) is 40.0 Å². The van der Waals surface area contributed by atoms with Gasteiger partial charge in [-0.1, -0.05) is 0 Å². The topological polar surface area (TPSA) is 104 Å². The molecule has 0 aliphatic carbocycles. The number of nitrogens with zero attached hydrogens (tertiary/aromatic N) is 3. The number of methoxy groups -OCH3 is 2. The van der Waals surface area contributed by atoms with Crippen molar-refractivity contribution in [1.29, 1.82) is 0 Å². The second-order valence-corrected chi connectivity index (χ2v) is 7.19. The highest BCUT2D eigenvalue weighted by atomic mass is 19.4. The highest BCUT2D eigenvalue weighted by molar-refractivity contribution is 5.73. The van der Waals surface area contributed by atoms with Gasteiger partial charge in [0.15, 0.2) is 0 Å². The number of aromatic nitrogens is 3. The van der Waals surface area contributed by atoms with Crippen LogP contribution in [0.2, 0.25) is 0 Å². The van der Waals surface area contributed by atoms with Gasteiger partial charge in [0.05, 0.1) is 19.9 Å². The minimum atomic E-state index is -4.56. The van der Waals surface area contributed by atoms with E-state index in [9.17, 15) is 13.2 Å². The zero-order chi connectivity index (χ0) is 25.0. The SMILES string of the molecule is COc1ccc(OC)c(-c2cc(Nc3ccc(Oc4ccnc(C(F)(F)F)c4)cc3)nc(N)n2)c1. The lowest BCUT2D eigenvalue weighted by Crippen LogP contribution is -2.07. The van der Waals surface area contributed by atoms with E-state index >= 15 is 0 Å². The lowest BCUT2D eigenvalue weighted by atomic mass is 10.1. The normalized spacial score (nSPS) is 11.1. The van der Waals surface area contributed by atoms with Crippen LogP contribution in [-0.2, 0) is 6.18 Å². The Morgan fingerprint density at radius 3 is 2.26 bits per heavy atom. The van der Waals surface area contributed by atoms with Crippen molar-refractivity contribution in [2.45, 2.75) is 6.18 Å². The average molecular weight is 483 g/mol. The van der Waals surface area contributed by atoms with Crippen LogP contribution in [0.5, 0.6) is 23.0 Å². The molecule has 0 spiro atoms. The van der Waals surface area contributed by atoms with E-state index < -0.39 is 11.9 Å². The molecule has 2 aromatic heterocycles. The average Bonchev–Trinajstić information content (AvgIpc) is 2.84. The quantitative estimate of drug-likeness (QED) is 0.345. The Morgan fingerprint density at radius 2 is 1.57 bits per heavy atom. The number of ether oxygens (including phenoxy) is 3. The molecule has 0 atom stereocenters. The zero-order valence-corrected chi connectivity index (χ0v) is 18.6. The molecule has 11 heteroatoms. The van der Waals surface area contributed by atoms with E-state index in [1.165, 1.54) is 6.07 Å². The molecule has 0 aliphatic rings. The summed E-state index contributed by atoms with van der Waals surface area (Å²) in [7, 11) is 3.11. The predicted octanol–water partition coefficient (Wildman–Crippen LogP) is 5.69. The van der Waals surface area contributed by atoms with Gasteiger partial charge in [-0.15, -0.1) is 0 Å². The van der Waals surface area contributed by atoms with Crippen LogP contribution < -0.4 is 25.3 Å². The van der Waals surface area contributed by atoms with Gasteiger partial charge >= 0.3 is 6.18 Å². The summed E-state index contributed by atoms with van der Waals surface area (Å²) >= 11 is 0. The van der Waals surface area contributed by atoms with Crippen LogP contribution >= 0.6 is 0 Å². The largest absolute Gasteiger partial charge is 0.497 e. The third-order valence-electron chi connectivity index (χ3n) is 4.81. The zero-order valence-electron chi connectivity index (χ0n) is 18.6. The van der Waals surface area contributed by atoms with Crippen molar-refractivity contribution in [2.75, 3.05) is 25.3 Å². The first-order chi connectivity index (χ1) is 16.7. The van der Waals surface area contributed by atoms with Crippen LogP contribution in [0, 0.1) is 0 Å². The van der Waals surface area contributed by atoms with Gasteiger partial charge in [-0.05, 0) is 48.5 Å². The molecule has 0 bridgehead atoms. The molecule has 35 heavy (non-hydrogen) atoms. The monoisotopic (exact) mass is 483 g/mol. The number of hydrogen-bond donors (Lipinski definition) is 2. The fourth-order valence-electron chi connectivity index (χ4n) is 3.20. The molecule has 180 valence electrons. The maximum Gasteiger partial charge on any atom is 0.433 e. The van der Waals surface area contributed by atoms with Crippen LogP contribution in [0.25, 0.3) is 11.3 Å². The van der Waals surface area contributed by atoms with Crippen LogP contribution in [0.15, 0.2) is 66.9 Å². The number of nitrogens with one attached hydrogen (secondary N) is 1. The van der Waals surface area contributed by atoms with E-state index in [4.69, 9.17) is 19.9 Å². The first-order valence-corrected chi connectivity index (χ1v) is 10.2. The van der Waals surface area contributed by atoms with Gasteiger partial charge in [-0.25, -0.2) is 4.98 Å². The summed E-state index contributed by atoms with van der Waals surface area (Å²) in [6.07, 6.45) is -3.51. The second kappa shape index (κ2) is 9.75. The van der Waals surface area contributed by atoms with Crippen molar-refractivity contribution in [1.82, 2.24) is 15.0 Å². The van der Waals surface area contributed by atoms with Gasteiger partial charge in [0.1, 0.15) is 34.5 Å². The van der Waals surface area contributed by atoms with Gasteiger partial charge in [0.2, 0.25) is 5.95 Å². The fourth-order valence-corrected chi connectivity index (χ4v) is 3.20. The number of hydrogen-bond acceptors (Lipinski definition) is 8. The van der Waals surface area contributed by atoms with E-state index in [2.05, 4.69) is 20.3 Å². The van der Waals surface area contributed by atoms with Gasteiger partial charge in [-0.2, -0.15) is 18.2 Å². The number of nitrogen functional groups attached to an aromatic ring is 1. The smallest absolute Gasteiger partial charge is 0.433 e. The molecule has 4 rings (SSSR count). The van der Waals surface area contributed by atoms with Crippen molar-refractivity contribution >= 4 is 17.5 Å². The summed E-state index contributed by atoms with van der Waals surface area (Å²) in [5.41, 5.74) is 6.73. The number of benzene rings is 2. The molecule has 3 N–H and O–H groups in total. The fraction of sp³-hybridized carbons (Fsp3) is 0.125. The number of anilines is 3. The van der Waals surface area contributed by atoms with Crippen molar-refractivity contribution < 1.29 is 27.4 Å². The Kier molecular flexibility index (Phi) is 6.58. The third-order valence-corrected chi connectivity index (χ3v) is 4.81. The van der Waals surface area contributed by atoms with Crippen LogP contribution in [0.4, 0.5) is 30.6 Å². The summed E-state index contributed by atoms with van der Waals surface area (Å²) in [6.45, 7) is 0. The van der Waals surface area contributed by atoms with Crippen molar-refractivity contribution in [3.63, 3.8) is 0 Å². The standard InChI is InChI=1S/C24H20F3N5O3/c1-33-16-7-8-20(34-2)18(11-16)19-13-22(32-23(28)31-19)30-14-3-5-15(6-4-14)35-17-9-10-29-21(12-17)24(25,26)27/h3-13H,1-2H3,(H3,28,30,31,32). The third kappa shape index (κ3) is 5.69. The van der Waals surface area contributed by atoms with Crippen molar-refractivity contribution in [2.24, 2.45) is 0 Å². The molecule has 0 fully saturated rings. The molecule has 0 unspecified atom stereocenters. The molecular formula is C24H20F3N5O3. The van der Waals surface area contributed by atoms with E-state index in [1.807, 2.05) is 0 Å².